The molecule has 0 bridgehead atoms. The second-order valence-electron chi connectivity index (χ2n) is 3.80. The van der Waals surface area contributed by atoms with E-state index in [1.807, 2.05) is 13.0 Å². The predicted octanol–water partition coefficient (Wildman–Crippen LogP) is 0.184. The van der Waals surface area contributed by atoms with E-state index in [0.717, 1.165) is 24.5 Å². The Kier molecular flexibility index (Phi) is 3.13. The zero-order valence-corrected chi connectivity index (χ0v) is 9.03. The second-order valence-corrected chi connectivity index (χ2v) is 3.80. The van der Waals surface area contributed by atoms with Gasteiger partial charge >= 0.3 is 0 Å². The fraction of sp³-hybridized carbons (Fsp3) is 0.600. The van der Waals surface area contributed by atoms with E-state index in [1.54, 1.807) is 13.3 Å². The second kappa shape index (κ2) is 4.55. The Morgan fingerprint density at radius 3 is 3.13 bits per heavy atom. The van der Waals surface area contributed by atoms with Crippen LogP contribution in [0.3, 0.4) is 0 Å². The molecule has 1 unspecified atom stereocenters. The maximum absolute atomic E-state index is 5.35. The Morgan fingerprint density at radius 2 is 2.40 bits per heavy atom. The SMILES string of the molecule is CO[C@H]1CNCC1Nc1cc(C)cnn1. The van der Waals surface area contributed by atoms with Crippen molar-refractivity contribution in [3.8, 4) is 0 Å². The molecule has 82 valence electrons. The van der Waals surface area contributed by atoms with E-state index < -0.39 is 0 Å². The van der Waals surface area contributed by atoms with Gasteiger partial charge in [0, 0.05) is 20.2 Å². The van der Waals surface area contributed by atoms with E-state index in [0.29, 0.717) is 0 Å². The maximum Gasteiger partial charge on any atom is 0.149 e. The van der Waals surface area contributed by atoms with Gasteiger partial charge in [0.25, 0.3) is 0 Å². The highest BCUT2D eigenvalue weighted by Gasteiger charge is 2.26. The lowest BCUT2D eigenvalue weighted by atomic mass is 10.2. The first-order valence-electron chi connectivity index (χ1n) is 5.09. The Bertz CT molecular complexity index is 331. The number of aromatic nitrogens is 2. The molecule has 2 N–H and O–H groups in total. The summed E-state index contributed by atoms with van der Waals surface area (Å²) >= 11 is 0. The molecule has 15 heavy (non-hydrogen) atoms. The molecule has 5 heteroatoms. The van der Waals surface area contributed by atoms with Crippen molar-refractivity contribution in [1.82, 2.24) is 15.5 Å². The predicted molar refractivity (Wildman–Crippen MR) is 57.8 cm³/mol. The van der Waals surface area contributed by atoms with Crippen LogP contribution < -0.4 is 10.6 Å². The zero-order valence-electron chi connectivity index (χ0n) is 9.03. The summed E-state index contributed by atoms with van der Waals surface area (Å²) in [4.78, 5) is 0. The molecule has 0 radical (unpaired) electrons. The third-order valence-electron chi connectivity index (χ3n) is 2.59. The molecule has 2 heterocycles. The maximum atomic E-state index is 5.35. The summed E-state index contributed by atoms with van der Waals surface area (Å²) in [5.74, 6) is 0.811. The van der Waals surface area contributed by atoms with E-state index in [4.69, 9.17) is 4.74 Å². The minimum atomic E-state index is 0.201. The van der Waals surface area contributed by atoms with Crippen molar-refractivity contribution in [1.29, 1.82) is 0 Å². The van der Waals surface area contributed by atoms with Crippen LogP contribution in [0.4, 0.5) is 5.82 Å². The van der Waals surface area contributed by atoms with Crippen molar-refractivity contribution in [3.05, 3.63) is 17.8 Å². The molecule has 0 spiro atoms. The van der Waals surface area contributed by atoms with Crippen molar-refractivity contribution in [2.45, 2.75) is 19.1 Å². The fourth-order valence-electron chi connectivity index (χ4n) is 1.77. The largest absolute Gasteiger partial charge is 0.378 e. The van der Waals surface area contributed by atoms with Crippen molar-refractivity contribution in [3.63, 3.8) is 0 Å². The molecule has 0 saturated carbocycles. The Labute approximate surface area is 89.2 Å². The van der Waals surface area contributed by atoms with Gasteiger partial charge in [0.05, 0.1) is 18.3 Å². The third-order valence-corrected chi connectivity index (χ3v) is 2.59. The number of aryl methyl sites for hydroxylation is 1. The monoisotopic (exact) mass is 208 g/mol. The number of hydrogen-bond acceptors (Lipinski definition) is 5. The van der Waals surface area contributed by atoms with Gasteiger partial charge in [0.2, 0.25) is 0 Å². The zero-order chi connectivity index (χ0) is 10.7. The summed E-state index contributed by atoms with van der Waals surface area (Å²) in [5.41, 5.74) is 1.10. The van der Waals surface area contributed by atoms with Gasteiger partial charge in [-0.3, -0.25) is 0 Å². The Morgan fingerprint density at radius 1 is 1.53 bits per heavy atom. The van der Waals surface area contributed by atoms with Crippen LogP contribution in [0.2, 0.25) is 0 Å². The molecule has 5 nitrogen and oxygen atoms in total. The first-order chi connectivity index (χ1) is 7.29. The average Bonchev–Trinajstić information content (AvgIpc) is 2.65. The lowest BCUT2D eigenvalue weighted by Crippen LogP contribution is -2.33. The van der Waals surface area contributed by atoms with E-state index in [2.05, 4.69) is 20.8 Å². The summed E-state index contributed by atoms with van der Waals surface area (Å²) < 4.78 is 5.35. The molecule has 1 aliphatic heterocycles. The van der Waals surface area contributed by atoms with Gasteiger partial charge in [-0.1, -0.05) is 0 Å². The highest BCUT2D eigenvalue weighted by Crippen LogP contribution is 2.11. The van der Waals surface area contributed by atoms with Crippen LogP contribution in [0.5, 0.6) is 0 Å². The van der Waals surface area contributed by atoms with Crippen LogP contribution in [-0.4, -0.2) is 42.5 Å². The van der Waals surface area contributed by atoms with Gasteiger partial charge in [-0.25, -0.2) is 0 Å². The summed E-state index contributed by atoms with van der Waals surface area (Å²) in [6, 6.07) is 2.25. The molecule has 0 aliphatic carbocycles. The molecule has 0 amide bonds. The number of ether oxygens (including phenoxy) is 1. The van der Waals surface area contributed by atoms with Gasteiger partial charge in [0.15, 0.2) is 0 Å². The van der Waals surface area contributed by atoms with Crippen LogP contribution in [0.25, 0.3) is 0 Å². The first kappa shape index (κ1) is 10.3. The number of nitrogens with zero attached hydrogens (tertiary/aromatic N) is 2. The van der Waals surface area contributed by atoms with Gasteiger partial charge in [-0.05, 0) is 18.6 Å². The fourth-order valence-corrected chi connectivity index (χ4v) is 1.77. The van der Waals surface area contributed by atoms with Crippen LogP contribution in [-0.2, 0) is 4.74 Å². The van der Waals surface area contributed by atoms with Crippen molar-refractivity contribution < 1.29 is 4.74 Å². The standard InChI is InChI=1S/C10H16N4O/c1-7-3-10(14-12-4-7)13-8-5-11-6-9(8)15-2/h3-4,8-9,11H,5-6H2,1-2H3,(H,13,14)/t8?,9-/m0/s1. The van der Waals surface area contributed by atoms with Crippen molar-refractivity contribution in [2.75, 3.05) is 25.5 Å². The van der Waals surface area contributed by atoms with Gasteiger partial charge in [0.1, 0.15) is 5.82 Å². The van der Waals surface area contributed by atoms with Crippen LogP contribution in [0.1, 0.15) is 5.56 Å². The lowest BCUT2D eigenvalue weighted by Gasteiger charge is -2.18. The van der Waals surface area contributed by atoms with E-state index in [9.17, 15) is 0 Å². The molecule has 1 aromatic heterocycles. The van der Waals surface area contributed by atoms with E-state index in [1.165, 1.54) is 0 Å². The summed E-state index contributed by atoms with van der Waals surface area (Å²) in [5, 5.41) is 14.5. The molecular weight excluding hydrogens is 192 g/mol. The topological polar surface area (TPSA) is 59.1 Å². The van der Waals surface area contributed by atoms with Crippen LogP contribution >= 0.6 is 0 Å². The molecule has 2 atom stereocenters. The Balaban J connectivity index is 2.02. The Hall–Kier alpha value is -1.20. The van der Waals surface area contributed by atoms with Crippen LogP contribution in [0, 0.1) is 6.92 Å². The summed E-state index contributed by atoms with van der Waals surface area (Å²) in [7, 11) is 1.73. The van der Waals surface area contributed by atoms with E-state index in [-0.39, 0.29) is 12.1 Å². The molecule has 2 rings (SSSR count). The van der Waals surface area contributed by atoms with Gasteiger partial charge in [-0.15, -0.1) is 5.10 Å². The highest BCUT2D eigenvalue weighted by atomic mass is 16.5. The highest BCUT2D eigenvalue weighted by molar-refractivity contribution is 5.37. The van der Waals surface area contributed by atoms with Gasteiger partial charge < -0.3 is 15.4 Å². The minimum absolute atomic E-state index is 0.201. The molecule has 1 saturated heterocycles. The smallest absolute Gasteiger partial charge is 0.149 e. The number of methoxy groups -OCH3 is 1. The quantitative estimate of drug-likeness (QED) is 0.742. The number of anilines is 1. The van der Waals surface area contributed by atoms with E-state index >= 15 is 0 Å². The number of rotatable bonds is 3. The molecular formula is C10H16N4O. The molecule has 0 aromatic carbocycles. The third kappa shape index (κ3) is 2.43. The van der Waals surface area contributed by atoms with Gasteiger partial charge in [-0.2, -0.15) is 5.10 Å². The lowest BCUT2D eigenvalue weighted by molar-refractivity contribution is 0.111. The van der Waals surface area contributed by atoms with Crippen molar-refractivity contribution >= 4 is 5.82 Å². The molecule has 1 fully saturated rings. The summed E-state index contributed by atoms with van der Waals surface area (Å²) in [6.45, 7) is 3.78. The summed E-state index contributed by atoms with van der Waals surface area (Å²) in [6.07, 6.45) is 1.94. The first-order valence-corrected chi connectivity index (χ1v) is 5.09. The normalized spacial score (nSPS) is 25.5. The molecule has 1 aliphatic rings. The van der Waals surface area contributed by atoms with Crippen molar-refractivity contribution in [2.24, 2.45) is 0 Å². The molecule has 1 aromatic rings. The minimum Gasteiger partial charge on any atom is -0.378 e. The number of hydrogen-bond donors (Lipinski definition) is 2. The number of nitrogens with one attached hydrogen (secondary N) is 2. The average molecular weight is 208 g/mol. The van der Waals surface area contributed by atoms with Crippen LogP contribution in [0.15, 0.2) is 12.3 Å².